The zero-order chi connectivity index (χ0) is 11.3. The molecule has 3 nitrogen and oxygen atoms in total. The zero-order valence-electron chi connectivity index (χ0n) is 9.29. The first-order valence-electron chi connectivity index (χ1n) is 5.24. The first-order chi connectivity index (χ1) is 7.19. The Hall–Kier alpha value is -1.35. The van der Waals surface area contributed by atoms with Gasteiger partial charge in [-0.2, -0.15) is 0 Å². The quantitative estimate of drug-likeness (QED) is 0.571. The fraction of sp³-hybridized carbons (Fsp3) is 0.417. The van der Waals surface area contributed by atoms with Crippen molar-refractivity contribution < 1.29 is 4.79 Å². The Bertz CT molecular complexity index is 332. The number of carbonyl (C=O) groups is 1. The van der Waals surface area contributed by atoms with Crippen molar-refractivity contribution in [3.05, 3.63) is 29.8 Å². The van der Waals surface area contributed by atoms with Gasteiger partial charge in [-0.25, -0.2) is 0 Å². The van der Waals surface area contributed by atoms with Gasteiger partial charge in [-0.1, -0.05) is 19.1 Å². The van der Waals surface area contributed by atoms with E-state index in [9.17, 15) is 4.79 Å². The molecule has 0 spiro atoms. The van der Waals surface area contributed by atoms with Crippen molar-refractivity contribution >= 4 is 11.5 Å². The molecule has 1 rings (SSSR count). The van der Waals surface area contributed by atoms with Gasteiger partial charge >= 0.3 is 0 Å². The fourth-order valence-corrected chi connectivity index (χ4v) is 1.54. The molecule has 1 aromatic carbocycles. The predicted molar refractivity (Wildman–Crippen MR) is 62.9 cm³/mol. The summed E-state index contributed by atoms with van der Waals surface area (Å²) in [5.41, 5.74) is 6.93. The van der Waals surface area contributed by atoms with E-state index in [1.54, 1.807) is 12.1 Å². The van der Waals surface area contributed by atoms with Crippen LogP contribution in [0.1, 0.15) is 30.1 Å². The number of nitrogen functional groups attached to an aromatic ring is 1. The van der Waals surface area contributed by atoms with E-state index in [4.69, 9.17) is 5.73 Å². The van der Waals surface area contributed by atoms with Crippen LogP contribution >= 0.6 is 0 Å². The summed E-state index contributed by atoms with van der Waals surface area (Å²) in [5.74, 6) is 0.106. The Morgan fingerprint density at radius 3 is 2.67 bits per heavy atom. The van der Waals surface area contributed by atoms with Gasteiger partial charge in [0.25, 0.3) is 0 Å². The third-order valence-electron chi connectivity index (χ3n) is 2.59. The van der Waals surface area contributed by atoms with Crippen molar-refractivity contribution in [1.82, 2.24) is 5.32 Å². The summed E-state index contributed by atoms with van der Waals surface area (Å²) in [6.07, 6.45) is 1.44. The van der Waals surface area contributed by atoms with E-state index in [1.165, 1.54) is 0 Å². The van der Waals surface area contributed by atoms with Gasteiger partial charge in [-0.05, 0) is 25.6 Å². The van der Waals surface area contributed by atoms with Crippen molar-refractivity contribution in [2.75, 3.05) is 12.8 Å². The number of rotatable bonds is 5. The first kappa shape index (κ1) is 11.7. The van der Waals surface area contributed by atoms with Crippen LogP contribution in [-0.2, 0) is 0 Å². The number of ketones is 1. The van der Waals surface area contributed by atoms with Crippen molar-refractivity contribution in [3.63, 3.8) is 0 Å². The van der Waals surface area contributed by atoms with Gasteiger partial charge in [-0.3, -0.25) is 4.79 Å². The Balaban J connectivity index is 2.73. The standard InChI is InChI=1S/C12H18N2O/c1-3-9(14-2)8-12(15)10-6-4-5-7-11(10)13/h4-7,9,14H,3,8,13H2,1-2H3. The molecule has 0 fully saturated rings. The maximum atomic E-state index is 11.9. The highest BCUT2D eigenvalue weighted by molar-refractivity contribution is 6.00. The lowest BCUT2D eigenvalue weighted by atomic mass is 10.0. The summed E-state index contributed by atoms with van der Waals surface area (Å²) in [7, 11) is 1.87. The number of Topliss-reactive ketones (excluding diaryl/α,β-unsaturated/α-hetero) is 1. The Morgan fingerprint density at radius 2 is 2.13 bits per heavy atom. The monoisotopic (exact) mass is 206 g/mol. The summed E-state index contributed by atoms with van der Waals surface area (Å²) >= 11 is 0. The number of benzene rings is 1. The predicted octanol–water partition coefficient (Wildman–Crippen LogP) is 1.84. The van der Waals surface area contributed by atoms with E-state index in [1.807, 2.05) is 19.2 Å². The van der Waals surface area contributed by atoms with Crippen LogP contribution in [0.5, 0.6) is 0 Å². The molecule has 1 atom stereocenters. The highest BCUT2D eigenvalue weighted by Crippen LogP contribution is 2.14. The molecule has 0 aliphatic carbocycles. The van der Waals surface area contributed by atoms with Gasteiger partial charge < -0.3 is 11.1 Å². The van der Waals surface area contributed by atoms with Gasteiger partial charge in [0, 0.05) is 23.7 Å². The van der Waals surface area contributed by atoms with E-state index in [2.05, 4.69) is 12.2 Å². The molecule has 0 saturated carbocycles. The molecular weight excluding hydrogens is 188 g/mol. The van der Waals surface area contributed by atoms with Gasteiger partial charge in [0.15, 0.2) is 5.78 Å². The Kier molecular flexibility index (Phi) is 4.31. The molecule has 0 heterocycles. The van der Waals surface area contributed by atoms with Crippen molar-refractivity contribution in [3.8, 4) is 0 Å². The topological polar surface area (TPSA) is 55.1 Å². The van der Waals surface area contributed by atoms with E-state index in [0.29, 0.717) is 17.7 Å². The molecule has 1 aromatic rings. The molecule has 0 aromatic heterocycles. The summed E-state index contributed by atoms with van der Waals surface area (Å²) in [5, 5.41) is 3.11. The van der Waals surface area contributed by atoms with Crippen LogP contribution in [0.25, 0.3) is 0 Å². The SMILES string of the molecule is CCC(CC(=O)c1ccccc1N)NC. The van der Waals surface area contributed by atoms with Gasteiger partial charge in [0.05, 0.1) is 0 Å². The largest absolute Gasteiger partial charge is 0.398 e. The van der Waals surface area contributed by atoms with E-state index in [0.717, 1.165) is 6.42 Å². The molecule has 0 aliphatic rings. The number of nitrogens with one attached hydrogen (secondary N) is 1. The molecule has 0 aliphatic heterocycles. The second-order valence-electron chi connectivity index (χ2n) is 3.61. The lowest BCUT2D eigenvalue weighted by Crippen LogP contribution is -2.27. The fourth-order valence-electron chi connectivity index (χ4n) is 1.54. The summed E-state index contributed by atoms with van der Waals surface area (Å²) < 4.78 is 0. The van der Waals surface area contributed by atoms with Gasteiger partial charge in [-0.15, -0.1) is 0 Å². The molecule has 0 amide bonds. The minimum absolute atomic E-state index is 0.106. The number of carbonyl (C=O) groups excluding carboxylic acids is 1. The number of hydrogen-bond acceptors (Lipinski definition) is 3. The highest BCUT2D eigenvalue weighted by Gasteiger charge is 2.13. The van der Waals surface area contributed by atoms with Gasteiger partial charge in [0.1, 0.15) is 0 Å². The van der Waals surface area contributed by atoms with Crippen LogP contribution in [0, 0.1) is 0 Å². The molecule has 0 radical (unpaired) electrons. The smallest absolute Gasteiger partial charge is 0.166 e. The second kappa shape index (κ2) is 5.51. The van der Waals surface area contributed by atoms with Crippen LogP contribution < -0.4 is 11.1 Å². The minimum atomic E-state index is 0.106. The molecule has 15 heavy (non-hydrogen) atoms. The van der Waals surface area contributed by atoms with Crippen LogP contribution in [0.15, 0.2) is 24.3 Å². The number of nitrogens with two attached hydrogens (primary N) is 1. The molecule has 82 valence electrons. The third-order valence-corrected chi connectivity index (χ3v) is 2.59. The minimum Gasteiger partial charge on any atom is -0.398 e. The average Bonchev–Trinajstić information content (AvgIpc) is 2.26. The summed E-state index contributed by atoms with van der Waals surface area (Å²) in [6, 6.07) is 7.44. The Labute approximate surface area is 90.7 Å². The van der Waals surface area contributed by atoms with Crippen LogP contribution in [0.3, 0.4) is 0 Å². The maximum Gasteiger partial charge on any atom is 0.166 e. The maximum absolute atomic E-state index is 11.9. The van der Waals surface area contributed by atoms with Crippen molar-refractivity contribution in [1.29, 1.82) is 0 Å². The first-order valence-corrected chi connectivity index (χ1v) is 5.24. The van der Waals surface area contributed by atoms with Crippen LogP contribution in [0.2, 0.25) is 0 Å². The molecular formula is C12H18N2O. The highest BCUT2D eigenvalue weighted by atomic mass is 16.1. The third kappa shape index (κ3) is 3.06. The number of para-hydroxylation sites is 1. The molecule has 3 N–H and O–H groups in total. The Morgan fingerprint density at radius 1 is 1.47 bits per heavy atom. The average molecular weight is 206 g/mol. The van der Waals surface area contributed by atoms with Crippen LogP contribution in [-0.4, -0.2) is 18.9 Å². The van der Waals surface area contributed by atoms with E-state index in [-0.39, 0.29) is 11.8 Å². The molecule has 0 bridgehead atoms. The molecule has 0 saturated heterocycles. The van der Waals surface area contributed by atoms with Crippen LogP contribution in [0.4, 0.5) is 5.69 Å². The normalized spacial score (nSPS) is 12.4. The zero-order valence-corrected chi connectivity index (χ0v) is 9.29. The van der Waals surface area contributed by atoms with Gasteiger partial charge in [0.2, 0.25) is 0 Å². The lowest BCUT2D eigenvalue weighted by molar-refractivity contribution is 0.0970. The summed E-state index contributed by atoms with van der Waals surface area (Å²) in [6.45, 7) is 2.06. The van der Waals surface area contributed by atoms with Crippen molar-refractivity contribution in [2.24, 2.45) is 0 Å². The van der Waals surface area contributed by atoms with E-state index < -0.39 is 0 Å². The molecule has 1 unspecified atom stereocenters. The number of hydrogen-bond donors (Lipinski definition) is 2. The lowest BCUT2D eigenvalue weighted by Gasteiger charge is -2.13. The van der Waals surface area contributed by atoms with Crippen molar-refractivity contribution in [2.45, 2.75) is 25.8 Å². The van der Waals surface area contributed by atoms with E-state index >= 15 is 0 Å². The molecule has 3 heteroatoms. The number of anilines is 1. The second-order valence-corrected chi connectivity index (χ2v) is 3.61. The summed E-state index contributed by atoms with van der Waals surface area (Å²) in [4.78, 5) is 11.9.